The van der Waals surface area contributed by atoms with Crippen molar-refractivity contribution in [3.05, 3.63) is 57.3 Å². The van der Waals surface area contributed by atoms with Crippen LogP contribution in [0.4, 0.5) is 0 Å². The van der Waals surface area contributed by atoms with Crippen LogP contribution in [0.2, 0.25) is 0 Å². The van der Waals surface area contributed by atoms with Crippen LogP contribution in [-0.2, 0) is 6.42 Å². The molecule has 1 N–H and O–H groups in total. The van der Waals surface area contributed by atoms with Gasteiger partial charge in [-0.25, -0.2) is 0 Å². The van der Waals surface area contributed by atoms with Crippen LogP contribution in [0.15, 0.2) is 36.4 Å². The molecule has 102 valence electrons. The van der Waals surface area contributed by atoms with Crippen LogP contribution in [-0.4, -0.2) is 7.05 Å². The second-order valence-electron chi connectivity index (χ2n) is 5.20. The molecule has 1 nitrogen and oxygen atoms in total. The lowest BCUT2D eigenvalue weighted by Gasteiger charge is -2.16. The molecule has 1 aromatic carbocycles. The Hall–Kier alpha value is -1.12. The first-order chi connectivity index (χ1) is 9.15. The molecule has 0 saturated carbocycles. The van der Waals surface area contributed by atoms with Gasteiger partial charge in [-0.15, -0.1) is 11.3 Å². The predicted octanol–water partition coefficient (Wildman–Crippen LogP) is 4.74. The summed E-state index contributed by atoms with van der Waals surface area (Å²) in [5.41, 5.74) is 2.75. The van der Waals surface area contributed by atoms with Crippen LogP contribution in [0.3, 0.4) is 0 Å². The fraction of sp³-hybridized carbons (Fsp3) is 0.412. The fourth-order valence-corrected chi connectivity index (χ4v) is 3.38. The van der Waals surface area contributed by atoms with Gasteiger partial charge in [0, 0.05) is 9.75 Å². The molecule has 0 aliphatic heterocycles. The average molecular weight is 273 g/mol. The Morgan fingerprint density at radius 1 is 1.00 bits per heavy atom. The number of benzene rings is 1. The molecule has 0 bridgehead atoms. The monoisotopic (exact) mass is 273 g/mol. The summed E-state index contributed by atoms with van der Waals surface area (Å²) in [4.78, 5) is 2.85. The Morgan fingerprint density at radius 2 is 1.63 bits per heavy atom. The molecule has 2 rings (SSSR count). The summed E-state index contributed by atoms with van der Waals surface area (Å²) >= 11 is 1.91. The smallest absolute Gasteiger partial charge is 0.0668 e. The van der Waals surface area contributed by atoms with Gasteiger partial charge in [-0.05, 0) is 42.6 Å². The number of rotatable bonds is 5. The van der Waals surface area contributed by atoms with E-state index in [-0.39, 0.29) is 0 Å². The zero-order chi connectivity index (χ0) is 13.8. The third kappa shape index (κ3) is 3.26. The average Bonchev–Trinajstić information content (AvgIpc) is 2.89. The maximum absolute atomic E-state index is 3.43. The number of nitrogens with one attached hydrogen (secondary N) is 1. The van der Waals surface area contributed by atoms with Crippen molar-refractivity contribution >= 4 is 11.3 Å². The first kappa shape index (κ1) is 14.3. The molecule has 1 atom stereocenters. The molecule has 0 spiro atoms. The molecule has 19 heavy (non-hydrogen) atoms. The van der Waals surface area contributed by atoms with Crippen LogP contribution < -0.4 is 5.32 Å². The lowest BCUT2D eigenvalue weighted by atomic mass is 9.98. The van der Waals surface area contributed by atoms with Gasteiger partial charge in [-0.1, -0.05) is 45.0 Å². The molecule has 0 aliphatic carbocycles. The SMILES string of the molecule is CCc1ccc(C(NC)c2ccc(C(C)C)cc2)s1. The van der Waals surface area contributed by atoms with Crippen molar-refractivity contribution in [2.45, 2.75) is 39.2 Å². The highest BCUT2D eigenvalue weighted by atomic mass is 32.1. The van der Waals surface area contributed by atoms with Crippen molar-refractivity contribution in [1.82, 2.24) is 5.32 Å². The Bertz CT molecular complexity index is 510. The Kier molecular flexibility index (Phi) is 4.78. The third-order valence-electron chi connectivity index (χ3n) is 3.54. The van der Waals surface area contributed by atoms with Gasteiger partial charge in [0.2, 0.25) is 0 Å². The summed E-state index contributed by atoms with van der Waals surface area (Å²) in [5, 5.41) is 3.43. The summed E-state index contributed by atoms with van der Waals surface area (Å²) in [7, 11) is 2.03. The Labute approximate surface area is 120 Å². The summed E-state index contributed by atoms with van der Waals surface area (Å²) in [6.07, 6.45) is 1.12. The van der Waals surface area contributed by atoms with Crippen LogP contribution >= 0.6 is 11.3 Å². The van der Waals surface area contributed by atoms with Gasteiger partial charge >= 0.3 is 0 Å². The van der Waals surface area contributed by atoms with Gasteiger partial charge in [0.15, 0.2) is 0 Å². The standard InChI is InChI=1S/C17H23NS/c1-5-15-10-11-16(19-15)17(18-4)14-8-6-13(7-9-14)12(2)3/h6-12,17-18H,5H2,1-4H3. The van der Waals surface area contributed by atoms with Crippen molar-refractivity contribution in [3.63, 3.8) is 0 Å². The molecule has 1 heterocycles. The van der Waals surface area contributed by atoms with E-state index in [0.29, 0.717) is 12.0 Å². The first-order valence-corrected chi connectivity index (χ1v) is 7.83. The number of hydrogen-bond acceptors (Lipinski definition) is 2. The molecular formula is C17H23NS. The van der Waals surface area contributed by atoms with Gasteiger partial charge < -0.3 is 5.32 Å². The molecule has 0 fully saturated rings. The van der Waals surface area contributed by atoms with E-state index in [2.05, 4.69) is 62.5 Å². The van der Waals surface area contributed by atoms with Crippen molar-refractivity contribution < 1.29 is 0 Å². The second-order valence-corrected chi connectivity index (χ2v) is 6.40. The number of hydrogen-bond donors (Lipinski definition) is 1. The molecule has 0 aliphatic rings. The number of aryl methyl sites for hydroxylation is 1. The maximum atomic E-state index is 3.43. The lowest BCUT2D eigenvalue weighted by Crippen LogP contribution is -2.16. The van der Waals surface area contributed by atoms with Crippen molar-refractivity contribution in [3.8, 4) is 0 Å². The topological polar surface area (TPSA) is 12.0 Å². The van der Waals surface area contributed by atoms with E-state index in [9.17, 15) is 0 Å². The molecule has 1 unspecified atom stereocenters. The summed E-state index contributed by atoms with van der Waals surface area (Å²) < 4.78 is 0. The second kappa shape index (κ2) is 6.36. The minimum absolute atomic E-state index is 0.312. The zero-order valence-corrected chi connectivity index (χ0v) is 13.1. The minimum atomic E-state index is 0.312. The van der Waals surface area contributed by atoms with Crippen LogP contribution in [0.25, 0.3) is 0 Å². The van der Waals surface area contributed by atoms with Gasteiger partial charge in [0.1, 0.15) is 0 Å². The van der Waals surface area contributed by atoms with E-state index in [1.54, 1.807) is 0 Å². The highest BCUT2D eigenvalue weighted by Crippen LogP contribution is 2.29. The van der Waals surface area contributed by atoms with Crippen LogP contribution in [0.5, 0.6) is 0 Å². The Balaban J connectivity index is 2.26. The summed E-state index contributed by atoms with van der Waals surface area (Å²) in [5.74, 6) is 0.593. The van der Waals surface area contributed by atoms with Crippen LogP contribution in [0.1, 0.15) is 53.6 Å². The van der Waals surface area contributed by atoms with E-state index in [1.165, 1.54) is 20.9 Å². The fourth-order valence-electron chi connectivity index (χ4n) is 2.29. The van der Waals surface area contributed by atoms with E-state index < -0.39 is 0 Å². The number of thiophene rings is 1. The van der Waals surface area contributed by atoms with Crippen LogP contribution in [0, 0.1) is 0 Å². The highest BCUT2D eigenvalue weighted by Gasteiger charge is 2.14. The van der Waals surface area contributed by atoms with Crippen molar-refractivity contribution in [2.24, 2.45) is 0 Å². The zero-order valence-electron chi connectivity index (χ0n) is 12.2. The molecule has 0 radical (unpaired) electrons. The van der Waals surface area contributed by atoms with Gasteiger partial charge in [0.25, 0.3) is 0 Å². The summed E-state index contributed by atoms with van der Waals surface area (Å²) in [6.45, 7) is 6.68. The molecule has 2 aromatic rings. The normalized spacial score (nSPS) is 12.9. The summed E-state index contributed by atoms with van der Waals surface area (Å²) in [6, 6.07) is 13.8. The highest BCUT2D eigenvalue weighted by molar-refractivity contribution is 7.12. The molecule has 2 heteroatoms. The molecular weight excluding hydrogens is 250 g/mol. The van der Waals surface area contributed by atoms with E-state index in [0.717, 1.165) is 6.42 Å². The third-order valence-corrected chi connectivity index (χ3v) is 4.83. The quantitative estimate of drug-likeness (QED) is 0.829. The first-order valence-electron chi connectivity index (χ1n) is 7.01. The lowest BCUT2D eigenvalue weighted by molar-refractivity contribution is 0.703. The minimum Gasteiger partial charge on any atom is -0.309 e. The Morgan fingerprint density at radius 3 is 2.11 bits per heavy atom. The van der Waals surface area contributed by atoms with Gasteiger partial charge in [0.05, 0.1) is 6.04 Å². The molecule has 1 aromatic heterocycles. The van der Waals surface area contributed by atoms with Gasteiger partial charge in [-0.3, -0.25) is 0 Å². The van der Waals surface area contributed by atoms with E-state index >= 15 is 0 Å². The van der Waals surface area contributed by atoms with E-state index in [1.807, 2.05) is 18.4 Å². The predicted molar refractivity (Wildman–Crippen MR) is 85.1 cm³/mol. The van der Waals surface area contributed by atoms with E-state index in [4.69, 9.17) is 0 Å². The van der Waals surface area contributed by atoms with Crippen molar-refractivity contribution in [1.29, 1.82) is 0 Å². The molecule has 0 saturated heterocycles. The van der Waals surface area contributed by atoms with Crippen molar-refractivity contribution in [2.75, 3.05) is 7.05 Å². The largest absolute Gasteiger partial charge is 0.309 e. The maximum Gasteiger partial charge on any atom is 0.0668 e. The van der Waals surface area contributed by atoms with Gasteiger partial charge in [-0.2, -0.15) is 0 Å². The molecule has 0 amide bonds.